The van der Waals surface area contributed by atoms with E-state index in [2.05, 4.69) is 10.00 Å². The zero-order chi connectivity index (χ0) is 11.0. The van der Waals surface area contributed by atoms with Crippen LogP contribution in [0.5, 0.6) is 0 Å². The van der Waals surface area contributed by atoms with Gasteiger partial charge >= 0.3 is 5.97 Å². The third-order valence-electron chi connectivity index (χ3n) is 2.97. The number of aryl methyl sites for hydroxylation is 1. The first-order chi connectivity index (χ1) is 7.08. The largest absolute Gasteiger partial charge is 0.481 e. The van der Waals surface area contributed by atoms with Crippen LogP contribution in [0.2, 0.25) is 0 Å². The van der Waals surface area contributed by atoms with E-state index in [4.69, 9.17) is 5.11 Å². The molecule has 1 aliphatic rings. The summed E-state index contributed by atoms with van der Waals surface area (Å²) in [4.78, 5) is 13.1. The average molecular weight is 209 g/mol. The van der Waals surface area contributed by atoms with Gasteiger partial charge < -0.3 is 10.0 Å². The van der Waals surface area contributed by atoms with E-state index in [0.717, 1.165) is 12.1 Å². The Balaban J connectivity index is 2.24. The van der Waals surface area contributed by atoms with Crippen molar-refractivity contribution in [3.05, 3.63) is 18.0 Å². The summed E-state index contributed by atoms with van der Waals surface area (Å²) in [6.45, 7) is 1.41. The molecule has 1 fully saturated rings. The fourth-order valence-corrected chi connectivity index (χ4v) is 2.22. The zero-order valence-electron chi connectivity index (χ0n) is 8.92. The highest BCUT2D eigenvalue weighted by Gasteiger charge is 2.37. The lowest BCUT2D eigenvalue weighted by molar-refractivity contribution is -0.141. The Hall–Kier alpha value is -1.36. The second-order valence-electron chi connectivity index (χ2n) is 4.22. The van der Waals surface area contributed by atoms with Gasteiger partial charge in [0.05, 0.1) is 12.1 Å². The summed E-state index contributed by atoms with van der Waals surface area (Å²) in [6.07, 6.45) is 3.67. The number of aliphatic carboxylic acids is 1. The van der Waals surface area contributed by atoms with Gasteiger partial charge in [-0.1, -0.05) is 0 Å². The normalized spacial score (nSPS) is 27.1. The Bertz CT molecular complexity index is 374. The molecule has 0 aliphatic carbocycles. The highest BCUT2D eigenvalue weighted by Crippen LogP contribution is 2.31. The molecule has 2 rings (SSSR count). The molecule has 82 valence electrons. The maximum Gasteiger partial charge on any atom is 0.308 e. The first-order valence-corrected chi connectivity index (χ1v) is 4.98. The minimum absolute atomic E-state index is 0.0706. The molecular formula is C10H15N3O2. The molecule has 0 unspecified atom stereocenters. The van der Waals surface area contributed by atoms with Crippen LogP contribution in [0.25, 0.3) is 0 Å². The minimum atomic E-state index is -0.715. The van der Waals surface area contributed by atoms with Gasteiger partial charge in [0, 0.05) is 32.3 Å². The van der Waals surface area contributed by atoms with Crippen LogP contribution in [0.4, 0.5) is 0 Å². The fourth-order valence-electron chi connectivity index (χ4n) is 2.22. The molecule has 0 amide bonds. The predicted octanol–water partition coefficient (Wildman–Crippen LogP) is 0.150. The number of nitrogens with zero attached hydrogens (tertiary/aromatic N) is 3. The molecule has 1 aromatic heterocycles. The summed E-state index contributed by atoms with van der Waals surface area (Å²) in [5, 5.41) is 13.2. The SMILES string of the molecule is CN1C[C@H](C(=O)O)[C@@H](c2cnn(C)c2)C1. The first-order valence-electron chi connectivity index (χ1n) is 4.98. The molecular weight excluding hydrogens is 194 g/mol. The molecule has 1 saturated heterocycles. The summed E-state index contributed by atoms with van der Waals surface area (Å²) in [7, 11) is 3.80. The number of hydrogen-bond donors (Lipinski definition) is 1. The van der Waals surface area contributed by atoms with Gasteiger partial charge in [-0.05, 0) is 12.6 Å². The second-order valence-corrected chi connectivity index (χ2v) is 4.22. The van der Waals surface area contributed by atoms with Crippen LogP contribution in [0, 0.1) is 5.92 Å². The van der Waals surface area contributed by atoms with Crippen molar-refractivity contribution in [2.45, 2.75) is 5.92 Å². The Morgan fingerprint density at radius 1 is 1.53 bits per heavy atom. The summed E-state index contributed by atoms with van der Waals surface area (Å²) >= 11 is 0. The summed E-state index contributed by atoms with van der Waals surface area (Å²) in [6, 6.07) is 0. The number of likely N-dealkylation sites (tertiary alicyclic amines) is 1. The molecule has 0 radical (unpaired) electrons. The number of carboxylic acid groups (broad SMARTS) is 1. The Labute approximate surface area is 88.3 Å². The van der Waals surface area contributed by atoms with Gasteiger partial charge in [0.1, 0.15) is 0 Å². The molecule has 0 spiro atoms. The van der Waals surface area contributed by atoms with Gasteiger partial charge in [-0.2, -0.15) is 5.10 Å². The molecule has 0 saturated carbocycles. The van der Waals surface area contributed by atoms with Crippen molar-refractivity contribution >= 4 is 5.97 Å². The van der Waals surface area contributed by atoms with Crippen molar-refractivity contribution in [1.29, 1.82) is 0 Å². The summed E-state index contributed by atoms with van der Waals surface area (Å²) < 4.78 is 1.71. The van der Waals surface area contributed by atoms with Gasteiger partial charge in [-0.3, -0.25) is 9.48 Å². The van der Waals surface area contributed by atoms with E-state index in [9.17, 15) is 4.79 Å². The van der Waals surface area contributed by atoms with Crippen molar-refractivity contribution in [1.82, 2.24) is 14.7 Å². The average Bonchev–Trinajstić information content (AvgIpc) is 2.71. The number of rotatable bonds is 2. The Morgan fingerprint density at radius 2 is 2.27 bits per heavy atom. The van der Waals surface area contributed by atoms with Gasteiger partial charge in [0.15, 0.2) is 0 Å². The van der Waals surface area contributed by atoms with E-state index in [1.807, 2.05) is 20.3 Å². The van der Waals surface area contributed by atoms with E-state index in [1.165, 1.54) is 0 Å². The minimum Gasteiger partial charge on any atom is -0.481 e. The van der Waals surface area contributed by atoms with E-state index in [1.54, 1.807) is 10.9 Å². The van der Waals surface area contributed by atoms with Crippen LogP contribution in [-0.2, 0) is 11.8 Å². The standard InChI is InChI=1S/C10H15N3O2/c1-12-5-8(9(6-12)10(14)15)7-3-11-13(2)4-7/h3-4,8-9H,5-6H2,1-2H3,(H,14,15)/t8-,9+/m1/s1. The maximum atomic E-state index is 11.1. The highest BCUT2D eigenvalue weighted by atomic mass is 16.4. The molecule has 2 atom stereocenters. The van der Waals surface area contributed by atoms with Gasteiger partial charge in [0.25, 0.3) is 0 Å². The van der Waals surface area contributed by atoms with Gasteiger partial charge in [-0.25, -0.2) is 0 Å². The van der Waals surface area contributed by atoms with Crippen LogP contribution < -0.4 is 0 Å². The van der Waals surface area contributed by atoms with Crippen molar-refractivity contribution < 1.29 is 9.90 Å². The van der Waals surface area contributed by atoms with Crippen LogP contribution in [0.15, 0.2) is 12.4 Å². The molecule has 5 heteroatoms. The second kappa shape index (κ2) is 3.66. The molecule has 1 N–H and O–H groups in total. The Kier molecular flexibility index (Phi) is 2.48. The highest BCUT2D eigenvalue weighted by molar-refractivity contribution is 5.72. The van der Waals surface area contributed by atoms with Crippen LogP contribution in [-0.4, -0.2) is 45.9 Å². The van der Waals surface area contributed by atoms with Crippen molar-refractivity contribution in [3.63, 3.8) is 0 Å². The van der Waals surface area contributed by atoms with Crippen LogP contribution in [0.1, 0.15) is 11.5 Å². The molecule has 0 bridgehead atoms. The van der Waals surface area contributed by atoms with Crippen LogP contribution >= 0.6 is 0 Å². The molecule has 15 heavy (non-hydrogen) atoms. The van der Waals surface area contributed by atoms with Crippen molar-refractivity contribution in [2.24, 2.45) is 13.0 Å². The third-order valence-corrected chi connectivity index (χ3v) is 2.97. The number of likely N-dealkylation sites (N-methyl/N-ethyl adjacent to an activating group) is 1. The number of carbonyl (C=O) groups is 1. The Morgan fingerprint density at radius 3 is 2.80 bits per heavy atom. The molecule has 1 aliphatic heterocycles. The smallest absolute Gasteiger partial charge is 0.308 e. The van der Waals surface area contributed by atoms with E-state index < -0.39 is 5.97 Å². The van der Waals surface area contributed by atoms with Gasteiger partial charge in [-0.15, -0.1) is 0 Å². The number of aromatic nitrogens is 2. The molecule has 2 heterocycles. The number of hydrogen-bond acceptors (Lipinski definition) is 3. The summed E-state index contributed by atoms with van der Waals surface area (Å²) in [5.41, 5.74) is 1.02. The number of carboxylic acids is 1. The predicted molar refractivity (Wildman–Crippen MR) is 54.6 cm³/mol. The monoisotopic (exact) mass is 209 g/mol. The lowest BCUT2D eigenvalue weighted by Crippen LogP contribution is -2.21. The summed E-state index contributed by atoms with van der Waals surface area (Å²) in [5.74, 6) is -0.950. The molecule has 5 nitrogen and oxygen atoms in total. The third kappa shape index (κ3) is 1.87. The zero-order valence-corrected chi connectivity index (χ0v) is 8.92. The first kappa shape index (κ1) is 10.2. The maximum absolute atomic E-state index is 11.1. The fraction of sp³-hybridized carbons (Fsp3) is 0.600. The van der Waals surface area contributed by atoms with E-state index >= 15 is 0 Å². The van der Waals surface area contributed by atoms with Gasteiger partial charge in [0.2, 0.25) is 0 Å². The topological polar surface area (TPSA) is 58.4 Å². The lowest BCUT2D eigenvalue weighted by atomic mass is 9.91. The molecule has 0 aromatic carbocycles. The quantitative estimate of drug-likeness (QED) is 0.753. The van der Waals surface area contributed by atoms with E-state index in [-0.39, 0.29) is 11.8 Å². The van der Waals surface area contributed by atoms with E-state index in [0.29, 0.717) is 6.54 Å². The van der Waals surface area contributed by atoms with Crippen molar-refractivity contribution in [2.75, 3.05) is 20.1 Å². The molecule has 1 aromatic rings. The lowest BCUT2D eigenvalue weighted by Gasteiger charge is -2.11. The van der Waals surface area contributed by atoms with Crippen molar-refractivity contribution in [3.8, 4) is 0 Å². The van der Waals surface area contributed by atoms with Crippen LogP contribution in [0.3, 0.4) is 0 Å².